The van der Waals surface area contributed by atoms with Crippen LogP contribution in [0, 0.1) is 24.1 Å². The van der Waals surface area contributed by atoms with Gasteiger partial charge in [0, 0.05) is 6.20 Å². The number of hydrogen-bond donors (Lipinski definition) is 2. The van der Waals surface area contributed by atoms with E-state index in [1.54, 1.807) is 26.0 Å². The van der Waals surface area contributed by atoms with Crippen molar-refractivity contribution >= 4 is 17.7 Å². The average Bonchev–Trinajstić information content (AvgIpc) is 2.41. The fourth-order valence-corrected chi connectivity index (χ4v) is 1.36. The van der Waals surface area contributed by atoms with Crippen LogP contribution < -0.4 is 10.6 Å². The van der Waals surface area contributed by atoms with Crippen LogP contribution >= 0.6 is 0 Å². The summed E-state index contributed by atoms with van der Waals surface area (Å²) in [6.45, 7) is 3.40. The summed E-state index contributed by atoms with van der Waals surface area (Å²) in [6.07, 6.45) is 0.0626. The van der Waals surface area contributed by atoms with Crippen molar-refractivity contribution in [3.63, 3.8) is 0 Å². The van der Waals surface area contributed by atoms with Crippen LogP contribution in [0.1, 0.15) is 12.5 Å². The van der Waals surface area contributed by atoms with Crippen LogP contribution in [0.15, 0.2) is 30.0 Å². The minimum absolute atomic E-state index is 0.0948. The summed E-state index contributed by atoms with van der Waals surface area (Å²) in [7, 11) is 0. The molecule has 21 heavy (non-hydrogen) atoms. The van der Waals surface area contributed by atoms with E-state index < -0.39 is 17.8 Å². The maximum Gasteiger partial charge on any atom is 0.414 e. The number of nitriles is 1. The van der Waals surface area contributed by atoms with Gasteiger partial charge in [0.1, 0.15) is 17.5 Å². The van der Waals surface area contributed by atoms with Crippen LogP contribution in [-0.4, -0.2) is 18.6 Å². The Morgan fingerprint density at radius 2 is 2.19 bits per heavy atom. The molecule has 0 saturated carbocycles. The monoisotopic (exact) mass is 291 g/mol. The van der Waals surface area contributed by atoms with Gasteiger partial charge in [0.25, 0.3) is 5.91 Å². The molecule has 0 unspecified atom stereocenters. The Morgan fingerprint density at radius 1 is 1.48 bits per heavy atom. The molecule has 0 heterocycles. The third-order valence-electron chi connectivity index (χ3n) is 2.35. The number of nitrogens with zero attached hydrogens (tertiary/aromatic N) is 1. The molecule has 0 bridgehead atoms. The van der Waals surface area contributed by atoms with Crippen molar-refractivity contribution in [1.82, 2.24) is 5.32 Å². The van der Waals surface area contributed by atoms with E-state index in [-0.39, 0.29) is 17.9 Å². The highest BCUT2D eigenvalue weighted by Crippen LogP contribution is 2.15. The van der Waals surface area contributed by atoms with Gasteiger partial charge in [-0.2, -0.15) is 5.26 Å². The van der Waals surface area contributed by atoms with Gasteiger partial charge in [-0.25, -0.2) is 9.18 Å². The van der Waals surface area contributed by atoms with Crippen LogP contribution in [0.4, 0.5) is 14.9 Å². The topological polar surface area (TPSA) is 91.2 Å². The molecule has 6 nitrogen and oxygen atoms in total. The second-order valence-electron chi connectivity index (χ2n) is 3.97. The number of imide groups is 1. The normalized spacial score (nSPS) is 10.5. The highest BCUT2D eigenvalue weighted by Gasteiger charge is 2.13. The van der Waals surface area contributed by atoms with Crippen molar-refractivity contribution in [3.8, 4) is 6.07 Å². The zero-order chi connectivity index (χ0) is 15.8. The molecule has 2 amide bonds. The first kappa shape index (κ1) is 16.2. The van der Waals surface area contributed by atoms with E-state index in [1.807, 2.05) is 5.32 Å². The molecule has 0 aliphatic rings. The molecule has 1 aromatic rings. The highest BCUT2D eigenvalue weighted by atomic mass is 19.1. The largest absolute Gasteiger partial charge is 0.450 e. The smallest absolute Gasteiger partial charge is 0.414 e. The number of benzene rings is 1. The zero-order valence-electron chi connectivity index (χ0n) is 11.6. The molecule has 0 spiro atoms. The quantitative estimate of drug-likeness (QED) is 0.655. The molecule has 110 valence electrons. The van der Waals surface area contributed by atoms with Crippen LogP contribution in [0.5, 0.6) is 0 Å². The van der Waals surface area contributed by atoms with Crippen molar-refractivity contribution in [1.29, 1.82) is 5.26 Å². The molecule has 0 atom stereocenters. The van der Waals surface area contributed by atoms with Gasteiger partial charge in [-0.15, -0.1) is 0 Å². The van der Waals surface area contributed by atoms with Gasteiger partial charge in [-0.3, -0.25) is 10.1 Å². The first-order chi connectivity index (χ1) is 9.97. The maximum absolute atomic E-state index is 13.6. The van der Waals surface area contributed by atoms with E-state index in [0.717, 1.165) is 11.8 Å². The van der Waals surface area contributed by atoms with Gasteiger partial charge in [0.15, 0.2) is 0 Å². The van der Waals surface area contributed by atoms with Crippen LogP contribution in [0.25, 0.3) is 0 Å². The van der Waals surface area contributed by atoms with E-state index in [1.165, 1.54) is 12.1 Å². The fourth-order valence-electron chi connectivity index (χ4n) is 1.36. The lowest BCUT2D eigenvalue weighted by atomic mass is 10.2. The van der Waals surface area contributed by atoms with Crippen LogP contribution in [0.2, 0.25) is 0 Å². The number of carbonyl (C=O) groups is 2. The van der Waals surface area contributed by atoms with Crippen LogP contribution in [0.3, 0.4) is 0 Å². The van der Waals surface area contributed by atoms with Crippen molar-refractivity contribution < 1.29 is 18.7 Å². The number of nitrogens with one attached hydrogen (secondary N) is 2. The SMILES string of the molecule is CCOC(=O)NC(=O)/C(C#N)=C\Nc1ccc(C)cc1F. The summed E-state index contributed by atoms with van der Waals surface area (Å²) >= 11 is 0. The Hall–Kier alpha value is -2.88. The zero-order valence-corrected chi connectivity index (χ0v) is 11.6. The number of carbonyl (C=O) groups excluding carboxylic acids is 2. The van der Waals surface area contributed by atoms with Gasteiger partial charge in [-0.1, -0.05) is 6.07 Å². The summed E-state index contributed by atoms with van der Waals surface area (Å²) in [5, 5.41) is 13.2. The van der Waals surface area contributed by atoms with E-state index in [9.17, 15) is 14.0 Å². The van der Waals surface area contributed by atoms with E-state index in [0.29, 0.717) is 0 Å². The fraction of sp³-hybridized carbons (Fsp3) is 0.214. The maximum atomic E-state index is 13.6. The van der Waals surface area contributed by atoms with E-state index in [2.05, 4.69) is 10.1 Å². The molecular weight excluding hydrogens is 277 g/mol. The second kappa shape index (κ2) is 7.65. The first-order valence-corrected chi connectivity index (χ1v) is 6.09. The van der Waals surface area contributed by atoms with Crippen molar-refractivity contribution in [3.05, 3.63) is 41.4 Å². The standard InChI is InChI=1S/C14H14FN3O3/c1-3-21-14(20)18-13(19)10(7-16)8-17-12-5-4-9(2)6-11(12)15/h4-6,8,17H,3H2,1-2H3,(H,18,19,20)/b10-8-. The molecule has 0 aromatic heterocycles. The summed E-state index contributed by atoms with van der Waals surface area (Å²) in [6, 6.07) is 6.06. The number of rotatable bonds is 4. The van der Waals surface area contributed by atoms with Crippen LogP contribution in [-0.2, 0) is 9.53 Å². The summed E-state index contributed by atoms with van der Waals surface area (Å²) in [5.41, 5.74) is 0.461. The number of anilines is 1. The summed E-state index contributed by atoms with van der Waals surface area (Å²) in [4.78, 5) is 22.7. The third-order valence-corrected chi connectivity index (χ3v) is 2.35. The lowest BCUT2D eigenvalue weighted by molar-refractivity contribution is -0.116. The Bertz CT molecular complexity index is 620. The predicted molar refractivity (Wildman–Crippen MR) is 73.6 cm³/mol. The third kappa shape index (κ3) is 4.95. The number of alkyl carbamates (subject to hydrolysis) is 1. The average molecular weight is 291 g/mol. The minimum Gasteiger partial charge on any atom is -0.450 e. The van der Waals surface area contributed by atoms with E-state index >= 15 is 0 Å². The van der Waals surface area contributed by atoms with Gasteiger partial charge < -0.3 is 10.1 Å². The molecule has 0 radical (unpaired) electrons. The molecule has 0 aliphatic heterocycles. The predicted octanol–water partition coefficient (Wildman–Crippen LogP) is 2.23. The van der Waals surface area contributed by atoms with E-state index in [4.69, 9.17) is 5.26 Å². The Balaban J connectivity index is 2.78. The second-order valence-corrected chi connectivity index (χ2v) is 3.97. The lowest BCUT2D eigenvalue weighted by Gasteiger charge is -2.05. The van der Waals surface area contributed by atoms with Crippen molar-refractivity contribution in [2.45, 2.75) is 13.8 Å². The van der Waals surface area contributed by atoms with Crippen molar-refractivity contribution in [2.75, 3.05) is 11.9 Å². The van der Waals surface area contributed by atoms with Crippen molar-refractivity contribution in [2.24, 2.45) is 0 Å². The van der Waals surface area contributed by atoms with Gasteiger partial charge in [0.05, 0.1) is 12.3 Å². The Kier molecular flexibility index (Phi) is 5.89. The molecule has 1 aromatic carbocycles. The van der Waals surface area contributed by atoms with Gasteiger partial charge >= 0.3 is 6.09 Å². The Labute approximate surface area is 121 Å². The molecular formula is C14H14FN3O3. The molecule has 0 aliphatic carbocycles. The highest BCUT2D eigenvalue weighted by molar-refractivity contribution is 6.05. The molecule has 2 N–H and O–H groups in total. The Morgan fingerprint density at radius 3 is 2.76 bits per heavy atom. The number of halogens is 1. The van der Waals surface area contributed by atoms with Gasteiger partial charge in [-0.05, 0) is 31.5 Å². The molecule has 1 rings (SSSR count). The van der Waals surface area contributed by atoms with Gasteiger partial charge in [0.2, 0.25) is 0 Å². The molecule has 0 fully saturated rings. The lowest BCUT2D eigenvalue weighted by Crippen LogP contribution is -2.32. The number of hydrogen-bond acceptors (Lipinski definition) is 5. The molecule has 0 saturated heterocycles. The summed E-state index contributed by atoms with van der Waals surface area (Å²) in [5.74, 6) is -1.45. The number of amides is 2. The summed E-state index contributed by atoms with van der Waals surface area (Å²) < 4.78 is 18.1. The number of ether oxygens (including phenoxy) is 1. The first-order valence-electron chi connectivity index (χ1n) is 6.09. The minimum atomic E-state index is -0.954. The number of aryl methyl sites for hydroxylation is 1. The molecule has 7 heteroatoms.